The molecule has 0 aliphatic heterocycles. The van der Waals surface area contributed by atoms with Gasteiger partial charge in [0.15, 0.2) is 0 Å². The Morgan fingerprint density at radius 3 is 2.47 bits per heavy atom. The fourth-order valence-electron chi connectivity index (χ4n) is 2.97. The molecule has 0 spiro atoms. The molecule has 0 fully saturated rings. The number of hydrogen-bond donors (Lipinski definition) is 3. The zero-order valence-corrected chi connectivity index (χ0v) is 18.5. The summed E-state index contributed by atoms with van der Waals surface area (Å²) < 4.78 is 5.16. The third-order valence-electron chi connectivity index (χ3n) is 4.83. The first kappa shape index (κ1) is 22.8. The Morgan fingerprint density at radius 1 is 1.06 bits per heavy atom. The number of benzene rings is 2. The monoisotopic (exact) mass is 454 g/mol. The van der Waals surface area contributed by atoms with Gasteiger partial charge >= 0.3 is 6.03 Å². The van der Waals surface area contributed by atoms with Gasteiger partial charge in [0.1, 0.15) is 11.8 Å². The summed E-state index contributed by atoms with van der Waals surface area (Å²) in [6.45, 7) is 3.92. The molecular weight excluding hydrogens is 432 g/mol. The molecule has 9 nitrogen and oxygen atoms in total. The normalized spacial score (nSPS) is 11.3. The maximum atomic E-state index is 13.0. The van der Waals surface area contributed by atoms with Crippen LogP contribution in [0.4, 0.5) is 21.9 Å². The number of methoxy groups -OCH3 is 1. The van der Waals surface area contributed by atoms with E-state index < -0.39 is 22.9 Å². The fourth-order valence-corrected chi connectivity index (χ4v) is 3.66. The van der Waals surface area contributed by atoms with Crippen LogP contribution in [0, 0.1) is 24.0 Å². The minimum Gasteiger partial charge on any atom is -0.495 e. The SMILES string of the molecule is COc1ccc([N+](=O)[O-])cc1NC(=O)NC(C(=O)Nc1ccc(C)c(C)c1)c1ccsc1. The summed E-state index contributed by atoms with van der Waals surface area (Å²) in [4.78, 5) is 36.2. The van der Waals surface area contributed by atoms with E-state index >= 15 is 0 Å². The summed E-state index contributed by atoms with van der Waals surface area (Å²) in [5, 5.41) is 22.6. The molecule has 1 aromatic heterocycles. The number of ether oxygens (including phenoxy) is 1. The van der Waals surface area contributed by atoms with E-state index in [9.17, 15) is 19.7 Å². The summed E-state index contributed by atoms with van der Waals surface area (Å²) in [6, 6.07) is 9.44. The highest BCUT2D eigenvalue weighted by Gasteiger charge is 2.24. The van der Waals surface area contributed by atoms with Crippen LogP contribution in [-0.2, 0) is 4.79 Å². The van der Waals surface area contributed by atoms with Crippen molar-refractivity contribution < 1.29 is 19.2 Å². The number of thiophene rings is 1. The first-order chi connectivity index (χ1) is 15.3. The number of nitrogens with zero attached hydrogens (tertiary/aromatic N) is 1. The summed E-state index contributed by atoms with van der Waals surface area (Å²) in [7, 11) is 1.38. The van der Waals surface area contributed by atoms with Gasteiger partial charge in [0.25, 0.3) is 11.6 Å². The van der Waals surface area contributed by atoms with E-state index in [1.807, 2.05) is 26.0 Å². The Labute approximate surface area is 188 Å². The summed E-state index contributed by atoms with van der Waals surface area (Å²) >= 11 is 1.39. The lowest BCUT2D eigenvalue weighted by Gasteiger charge is -2.19. The number of rotatable bonds is 7. The van der Waals surface area contributed by atoms with Gasteiger partial charge in [0.05, 0.1) is 17.7 Å². The number of nitro benzene ring substituents is 1. The van der Waals surface area contributed by atoms with Crippen molar-refractivity contribution >= 4 is 40.3 Å². The molecule has 1 unspecified atom stereocenters. The molecule has 0 aliphatic carbocycles. The lowest BCUT2D eigenvalue weighted by Crippen LogP contribution is -2.39. The molecule has 3 aromatic rings. The molecule has 0 saturated heterocycles. The Kier molecular flexibility index (Phi) is 7.06. The van der Waals surface area contributed by atoms with Gasteiger partial charge in [0.2, 0.25) is 0 Å². The van der Waals surface area contributed by atoms with Gasteiger partial charge in [-0.25, -0.2) is 4.79 Å². The van der Waals surface area contributed by atoms with E-state index in [0.717, 1.165) is 11.1 Å². The Bertz CT molecular complexity index is 1150. The van der Waals surface area contributed by atoms with E-state index in [-0.39, 0.29) is 17.1 Å². The van der Waals surface area contributed by atoms with Crippen LogP contribution in [0.3, 0.4) is 0 Å². The molecule has 3 amide bonds. The van der Waals surface area contributed by atoms with E-state index in [2.05, 4.69) is 16.0 Å². The zero-order valence-electron chi connectivity index (χ0n) is 17.7. The number of urea groups is 1. The maximum Gasteiger partial charge on any atom is 0.320 e. The highest BCUT2D eigenvalue weighted by Crippen LogP contribution is 2.29. The largest absolute Gasteiger partial charge is 0.495 e. The van der Waals surface area contributed by atoms with Crippen LogP contribution < -0.4 is 20.7 Å². The summed E-state index contributed by atoms with van der Waals surface area (Å²) in [5.41, 5.74) is 3.25. The molecule has 2 aromatic carbocycles. The molecule has 10 heteroatoms. The number of non-ortho nitro benzene ring substituents is 1. The lowest BCUT2D eigenvalue weighted by molar-refractivity contribution is -0.384. The molecule has 1 heterocycles. The number of nitrogens with one attached hydrogen (secondary N) is 3. The maximum absolute atomic E-state index is 13.0. The topological polar surface area (TPSA) is 123 Å². The highest BCUT2D eigenvalue weighted by molar-refractivity contribution is 7.08. The van der Waals surface area contributed by atoms with Crippen molar-refractivity contribution in [3.05, 3.63) is 80.0 Å². The number of nitro groups is 1. The van der Waals surface area contributed by atoms with Crippen LogP contribution in [0.15, 0.2) is 53.2 Å². The van der Waals surface area contributed by atoms with Crippen LogP contribution in [0.1, 0.15) is 22.7 Å². The van der Waals surface area contributed by atoms with E-state index in [0.29, 0.717) is 11.3 Å². The minimum atomic E-state index is -0.979. The van der Waals surface area contributed by atoms with E-state index in [4.69, 9.17) is 4.74 Å². The summed E-state index contributed by atoms with van der Waals surface area (Å²) in [6.07, 6.45) is 0. The molecule has 0 bridgehead atoms. The first-order valence-corrected chi connectivity index (χ1v) is 10.5. The molecule has 1 atom stereocenters. The predicted molar refractivity (Wildman–Crippen MR) is 123 cm³/mol. The molecule has 3 N–H and O–H groups in total. The first-order valence-electron chi connectivity index (χ1n) is 9.58. The number of anilines is 2. The van der Waals surface area contributed by atoms with Gasteiger partial charge < -0.3 is 20.7 Å². The van der Waals surface area contributed by atoms with Crippen LogP contribution in [0.25, 0.3) is 0 Å². The third kappa shape index (κ3) is 5.41. The number of carbonyl (C=O) groups excluding carboxylic acids is 2. The average molecular weight is 455 g/mol. The second-order valence-electron chi connectivity index (χ2n) is 7.02. The Balaban J connectivity index is 1.79. The van der Waals surface area contributed by atoms with E-state index in [1.54, 1.807) is 22.9 Å². The van der Waals surface area contributed by atoms with Crippen LogP contribution in [0.5, 0.6) is 5.75 Å². The zero-order chi connectivity index (χ0) is 23.3. The minimum absolute atomic E-state index is 0.109. The second kappa shape index (κ2) is 9.92. The highest BCUT2D eigenvalue weighted by atomic mass is 32.1. The molecular formula is C22H22N4O5S. The number of aryl methyl sites for hydroxylation is 2. The molecule has 0 aliphatic rings. The van der Waals surface area contributed by atoms with Crippen molar-refractivity contribution in [2.45, 2.75) is 19.9 Å². The van der Waals surface area contributed by atoms with Crippen LogP contribution in [-0.4, -0.2) is 24.0 Å². The van der Waals surface area contributed by atoms with Crippen molar-refractivity contribution in [3.63, 3.8) is 0 Å². The van der Waals surface area contributed by atoms with Gasteiger partial charge in [-0.3, -0.25) is 14.9 Å². The van der Waals surface area contributed by atoms with Gasteiger partial charge in [-0.2, -0.15) is 11.3 Å². The van der Waals surface area contributed by atoms with E-state index in [1.165, 1.54) is 36.6 Å². The smallest absolute Gasteiger partial charge is 0.320 e. The number of hydrogen-bond acceptors (Lipinski definition) is 6. The Hall–Kier alpha value is -3.92. The van der Waals surface area contributed by atoms with Crippen molar-refractivity contribution in [2.75, 3.05) is 17.7 Å². The fraction of sp³-hybridized carbons (Fsp3) is 0.182. The average Bonchev–Trinajstić information content (AvgIpc) is 3.29. The van der Waals surface area contributed by atoms with Crippen molar-refractivity contribution in [1.82, 2.24) is 5.32 Å². The van der Waals surface area contributed by atoms with Crippen molar-refractivity contribution in [2.24, 2.45) is 0 Å². The molecule has 3 rings (SSSR count). The molecule has 32 heavy (non-hydrogen) atoms. The lowest BCUT2D eigenvalue weighted by atomic mass is 10.1. The molecule has 0 radical (unpaired) electrons. The van der Waals surface area contributed by atoms with Gasteiger partial charge in [-0.05, 0) is 65.6 Å². The summed E-state index contributed by atoms with van der Waals surface area (Å²) in [5.74, 6) is -0.176. The predicted octanol–water partition coefficient (Wildman–Crippen LogP) is 4.78. The van der Waals surface area contributed by atoms with Crippen LogP contribution >= 0.6 is 11.3 Å². The number of carbonyl (C=O) groups is 2. The molecule has 166 valence electrons. The second-order valence-corrected chi connectivity index (χ2v) is 7.80. The Morgan fingerprint density at radius 2 is 1.84 bits per heavy atom. The van der Waals surface area contributed by atoms with Crippen molar-refractivity contribution in [3.8, 4) is 5.75 Å². The molecule has 0 saturated carbocycles. The quantitative estimate of drug-likeness (QED) is 0.350. The van der Waals surface area contributed by atoms with Gasteiger partial charge in [-0.1, -0.05) is 6.07 Å². The van der Waals surface area contributed by atoms with Gasteiger partial charge in [0, 0.05) is 17.8 Å². The van der Waals surface area contributed by atoms with Gasteiger partial charge in [-0.15, -0.1) is 0 Å². The van der Waals surface area contributed by atoms with Crippen LogP contribution in [0.2, 0.25) is 0 Å². The number of amides is 3. The standard InChI is InChI=1S/C22H22N4O5S/c1-13-4-5-16(10-14(13)2)23-21(27)20(15-8-9-32-12-15)25-22(28)24-18-11-17(26(29)30)6-7-19(18)31-3/h4-12,20H,1-3H3,(H,23,27)(H2,24,25,28). The third-order valence-corrected chi connectivity index (χ3v) is 5.53. The van der Waals surface area contributed by atoms with Crippen molar-refractivity contribution in [1.29, 1.82) is 0 Å².